The molecule has 10 heavy (non-hydrogen) atoms. The van der Waals surface area contributed by atoms with E-state index in [9.17, 15) is 4.79 Å². The van der Waals surface area contributed by atoms with E-state index in [4.69, 9.17) is 0 Å². The van der Waals surface area contributed by atoms with E-state index in [-0.39, 0.29) is 5.91 Å². The minimum Gasteiger partial charge on any atom is -0.355 e. The molecule has 1 heterocycles. The van der Waals surface area contributed by atoms with Crippen molar-refractivity contribution in [3.8, 4) is 0 Å². The number of carbonyl (C=O) groups is 1. The van der Waals surface area contributed by atoms with Crippen molar-refractivity contribution in [3.05, 3.63) is 0 Å². The van der Waals surface area contributed by atoms with E-state index >= 15 is 0 Å². The monoisotopic (exact) mass is 159 g/mol. The van der Waals surface area contributed by atoms with Crippen molar-refractivity contribution < 1.29 is 4.79 Å². The van der Waals surface area contributed by atoms with Crippen LogP contribution in [0.2, 0.25) is 0 Å². The molecule has 0 aliphatic carbocycles. The Morgan fingerprint density at radius 1 is 1.60 bits per heavy atom. The van der Waals surface area contributed by atoms with Crippen molar-refractivity contribution in [2.75, 3.05) is 6.54 Å². The molecule has 1 atom stereocenters. The summed E-state index contributed by atoms with van der Waals surface area (Å²) in [5, 5.41) is 2.82. The van der Waals surface area contributed by atoms with Crippen molar-refractivity contribution in [3.63, 3.8) is 0 Å². The fraction of sp³-hybridized carbons (Fsp3) is 0.857. The number of hydrogen-bond acceptors (Lipinski definition) is 2. The first-order chi connectivity index (χ1) is 4.63. The second-order valence-corrected chi connectivity index (χ2v) is 3.97. The third-order valence-corrected chi connectivity index (χ3v) is 2.29. The summed E-state index contributed by atoms with van der Waals surface area (Å²) in [5.41, 5.74) is 0. The van der Waals surface area contributed by atoms with Crippen molar-refractivity contribution in [1.29, 1.82) is 0 Å². The predicted octanol–water partition coefficient (Wildman–Crippen LogP) is 0.975. The summed E-state index contributed by atoms with van der Waals surface area (Å²) in [5.74, 6) is 0.0772. The summed E-state index contributed by atoms with van der Waals surface area (Å²) in [4.78, 5) is 11.1. The first-order valence-electron chi connectivity index (χ1n) is 3.63. The second-order valence-electron chi connectivity index (χ2n) is 2.99. The average Bonchev–Trinajstić information content (AvgIpc) is 1.96. The second kappa shape index (κ2) is 2.82. The van der Waals surface area contributed by atoms with Crippen LogP contribution in [-0.2, 0) is 4.79 Å². The first-order valence-corrected chi connectivity index (χ1v) is 4.08. The Labute approximate surface area is 66.8 Å². The average molecular weight is 159 g/mol. The summed E-state index contributed by atoms with van der Waals surface area (Å²) in [6.07, 6.45) is 3.07. The van der Waals surface area contributed by atoms with E-state index in [1.54, 1.807) is 0 Å². The Morgan fingerprint density at radius 2 is 2.30 bits per heavy atom. The van der Waals surface area contributed by atoms with Gasteiger partial charge >= 0.3 is 0 Å². The first kappa shape index (κ1) is 7.92. The molecule has 1 saturated heterocycles. The van der Waals surface area contributed by atoms with Crippen LogP contribution in [0.4, 0.5) is 0 Å². The molecule has 0 bridgehead atoms. The minimum atomic E-state index is -0.434. The number of hydrogen-bond donors (Lipinski definition) is 2. The van der Waals surface area contributed by atoms with Gasteiger partial charge in [-0.15, -0.1) is 0 Å². The number of rotatable bonds is 0. The summed E-state index contributed by atoms with van der Waals surface area (Å²) >= 11 is 4.27. The maximum atomic E-state index is 11.1. The van der Waals surface area contributed by atoms with Gasteiger partial charge < -0.3 is 5.32 Å². The lowest BCUT2D eigenvalue weighted by Gasteiger charge is -2.18. The van der Waals surface area contributed by atoms with Crippen molar-refractivity contribution >= 4 is 18.5 Å². The van der Waals surface area contributed by atoms with Crippen molar-refractivity contribution in [1.82, 2.24) is 5.32 Å². The molecule has 0 aromatic rings. The molecule has 1 N–H and O–H groups in total. The molecular weight excluding hydrogens is 146 g/mol. The van der Waals surface area contributed by atoms with Gasteiger partial charge in [-0.25, -0.2) is 0 Å². The van der Waals surface area contributed by atoms with Crippen LogP contribution in [0.1, 0.15) is 26.2 Å². The molecule has 1 amide bonds. The molecule has 3 heteroatoms. The van der Waals surface area contributed by atoms with Crippen LogP contribution in [0.5, 0.6) is 0 Å². The minimum absolute atomic E-state index is 0.0772. The molecule has 1 unspecified atom stereocenters. The molecule has 0 radical (unpaired) electrons. The molecule has 58 valence electrons. The number of thiol groups is 1. The summed E-state index contributed by atoms with van der Waals surface area (Å²) in [6, 6.07) is 0. The summed E-state index contributed by atoms with van der Waals surface area (Å²) in [7, 11) is 0. The van der Waals surface area contributed by atoms with E-state index in [0.29, 0.717) is 0 Å². The number of carbonyl (C=O) groups excluding carboxylic acids is 1. The molecule has 0 aromatic carbocycles. The highest BCUT2D eigenvalue weighted by atomic mass is 32.1. The smallest absolute Gasteiger partial charge is 0.235 e. The van der Waals surface area contributed by atoms with Crippen LogP contribution < -0.4 is 5.32 Å². The quantitative estimate of drug-likeness (QED) is 0.507. The third kappa shape index (κ3) is 1.66. The highest BCUT2D eigenvalue weighted by molar-refractivity contribution is 7.82. The van der Waals surface area contributed by atoms with Gasteiger partial charge in [0.1, 0.15) is 0 Å². The van der Waals surface area contributed by atoms with Gasteiger partial charge in [0, 0.05) is 6.54 Å². The van der Waals surface area contributed by atoms with E-state index < -0.39 is 4.75 Å². The fourth-order valence-electron chi connectivity index (χ4n) is 1.10. The molecule has 1 fully saturated rings. The van der Waals surface area contributed by atoms with Crippen molar-refractivity contribution in [2.45, 2.75) is 30.9 Å². The Hall–Kier alpha value is -0.180. The number of nitrogens with one attached hydrogen (secondary N) is 1. The topological polar surface area (TPSA) is 29.1 Å². The van der Waals surface area contributed by atoms with Crippen LogP contribution in [0.3, 0.4) is 0 Å². The van der Waals surface area contributed by atoms with Gasteiger partial charge in [-0.05, 0) is 26.2 Å². The zero-order chi connectivity index (χ0) is 7.61. The summed E-state index contributed by atoms with van der Waals surface area (Å²) < 4.78 is -0.434. The van der Waals surface area contributed by atoms with E-state index in [2.05, 4.69) is 17.9 Å². The Balaban J connectivity index is 2.61. The van der Waals surface area contributed by atoms with Crippen LogP contribution in [0.25, 0.3) is 0 Å². The van der Waals surface area contributed by atoms with Gasteiger partial charge in [-0.2, -0.15) is 12.6 Å². The highest BCUT2D eigenvalue weighted by Gasteiger charge is 2.29. The molecule has 1 aliphatic rings. The Bertz CT molecular complexity index is 145. The predicted molar refractivity (Wildman–Crippen MR) is 44.3 cm³/mol. The molecular formula is C7H13NOS. The summed E-state index contributed by atoms with van der Waals surface area (Å²) in [6.45, 7) is 2.69. The zero-order valence-corrected chi connectivity index (χ0v) is 7.08. The van der Waals surface area contributed by atoms with Crippen LogP contribution in [-0.4, -0.2) is 17.2 Å². The van der Waals surface area contributed by atoms with Crippen LogP contribution in [0, 0.1) is 0 Å². The van der Waals surface area contributed by atoms with Gasteiger partial charge in [0.2, 0.25) is 5.91 Å². The van der Waals surface area contributed by atoms with Gasteiger partial charge in [0.15, 0.2) is 0 Å². The maximum absolute atomic E-state index is 11.1. The normalized spacial score (nSPS) is 34.8. The molecule has 1 aliphatic heterocycles. The molecule has 1 rings (SSSR count). The molecule has 2 nitrogen and oxygen atoms in total. The lowest BCUT2D eigenvalue weighted by molar-refractivity contribution is -0.122. The third-order valence-electron chi connectivity index (χ3n) is 1.87. The van der Waals surface area contributed by atoms with Gasteiger partial charge in [0.05, 0.1) is 4.75 Å². The fourth-order valence-corrected chi connectivity index (χ4v) is 1.34. The van der Waals surface area contributed by atoms with Gasteiger partial charge in [0.25, 0.3) is 0 Å². The van der Waals surface area contributed by atoms with Gasteiger partial charge in [-0.1, -0.05) is 0 Å². The Morgan fingerprint density at radius 3 is 3.00 bits per heavy atom. The van der Waals surface area contributed by atoms with Crippen LogP contribution >= 0.6 is 12.6 Å². The van der Waals surface area contributed by atoms with E-state index in [0.717, 1.165) is 25.8 Å². The van der Waals surface area contributed by atoms with Crippen LogP contribution in [0.15, 0.2) is 0 Å². The lowest BCUT2D eigenvalue weighted by Crippen LogP contribution is -2.38. The standard InChI is InChI=1S/C7H13NOS/c1-7(10)4-2-3-5-8-6(7)9/h10H,2-5H2,1H3,(H,8,9). The SMILES string of the molecule is CC1(S)CCCCNC1=O. The maximum Gasteiger partial charge on any atom is 0.235 e. The van der Waals surface area contributed by atoms with E-state index in [1.807, 2.05) is 6.92 Å². The van der Waals surface area contributed by atoms with E-state index in [1.165, 1.54) is 0 Å². The number of amides is 1. The Kier molecular flexibility index (Phi) is 2.24. The zero-order valence-electron chi connectivity index (χ0n) is 6.18. The highest BCUT2D eigenvalue weighted by Crippen LogP contribution is 2.23. The molecule has 0 spiro atoms. The molecule has 0 saturated carbocycles. The van der Waals surface area contributed by atoms with Crippen molar-refractivity contribution in [2.24, 2.45) is 0 Å². The van der Waals surface area contributed by atoms with Gasteiger partial charge in [-0.3, -0.25) is 4.79 Å². The lowest BCUT2D eigenvalue weighted by atomic mass is 10.0. The largest absolute Gasteiger partial charge is 0.355 e. The molecule has 0 aromatic heterocycles.